The highest BCUT2D eigenvalue weighted by Crippen LogP contribution is 2.30. The van der Waals surface area contributed by atoms with Crippen LogP contribution in [0.2, 0.25) is 0 Å². The van der Waals surface area contributed by atoms with Crippen LogP contribution in [0.3, 0.4) is 0 Å². The van der Waals surface area contributed by atoms with E-state index >= 15 is 0 Å². The highest BCUT2D eigenvalue weighted by molar-refractivity contribution is 7.89. The Morgan fingerprint density at radius 3 is 2.50 bits per heavy atom. The Morgan fingerprint density at radius 1 is 1.27 bits per heavy atom. The van der Waals surface area contributed by atoms with Crippen LogP contribution in [0.1, 0.15) is 39.2 Å². The first kappa shape index (κ1) is 20.9. The number of sulfonamides is 1. The Hall–Kier alpha value is -1.44. The smallest absolute Gasteiger partial charge is 0.307 e. The van der Waals surface area contributed by atoms with Gasteiger partial charge in [0, 0.05) is 13.1 Å². The van der Waals surface area contributed by atoms with Crippen molar-refractivity contribution in [1.82, 2.24) is 4.31 Å². The molecule has 1 aromatic rings. The number of benzene rings is 1. The zero-order valence-corrected chi connectivity index (χ0v) is 16.6. The summed E-state index contributed by atoms with van der Waals surface area (Å²) >= 11 is 0. The largest absolute Gasteiger partial charge is 0.481 e. The number of carboxylic acids is 1. The molecule has 1 heterocycles. The van der Waals surface area contributed by atoms with E-state index in [1.165, 1.54) is 4.31 Å². The first-order valence-electron chi connectivity index (χ1n) is 9.02. The van der Waals surface area contributed by atoms with Gasteiger partial charge in [-0.2, -0.15) is 4.31 Å². The van der Waals surface area contributed by atoms with Crippen LogP contribution < -0.4 is 0 Å². The molecule has 0 aliphatic carbocycles. The number of nitrogens with zero attached hydrogens (tertiary/aromatic N) is 1. The quantitative estimate of drug-likeness (QED) is 0.783. The molecule has 1 aliphatic rings. The molecule has 7 heteroatoms. The number of hydrogen-bond donors (Lipinski definition) is 1. The zero-order valence-electron chi connectivity index (χ0n) is 15.8. The van der Waals surface area contributed by atoms with Crippen LogP contribution in [0.25, 0.3) is 0 Å². The summed E-state index contributed by atoms with van der Waals surface area (Å²) in [4.78, 5) is 11.7. The van der Waals surface area contributed by atoms with E-state index in [0.29, 0.717) is 50.5 Å². The van der Waals surface area contributed by atoms with Crippen LogP contribution in [0, 0.1) is 11.3 Å². The minimum absolute atomic E-state index is 0.294. The monoisotopic (exact) mass is 383 g/mol. The minimum Gasteiger partial charge on any atom is -0.481 e. The standard InChI is InChI=1S/C19H29NO5S/c1-19(2,3)17(18(21)22)9-5-7-15-6-4-8-16(14-15)26(23,24)20-10-12-25-13-11-20/h4,6,8,14,17H,5,7,9-13H2,1-3H3,(H,21,22). The molecule has 0 bridgehead atoms. The molecule has 26 heavy (non-hydrogen) atoms. The number of hydrogen-bond acceptors (Lipinski definition) is 4. The summed E-state index contributed by atoms with van der Waals surface area (Å²) in [6, 6.07) is 6.97. The van der Waals surface area contributed by atoms with E-state index < -0.39 is 21.9 Å². The van der Waals surface area contributed by atoms with Gasteiger partial charge in [-0.25, -0.2) is 8.42 Å². The van der Waals surface area contributed by atoms with Gasteiger partial charge in [-0.3, -0.25) is 4.79 Å². The first-order chi connectivity index (χ1) is 12.1. The molecule has 1 saturated heterocycles. The Bertz CT molecular complexity index is 718. The highest BCUT2D eigenvalue weighted by Gasteiger charge is 2.30. The number of aryl methyl sites for hydroxylation is 1. The number of rotatable bonds is 7. The van der Waals surface area contributed by atoms with Crippen LogP contribution >= 0.6 is 0 Å². The normalized spacial score (nSPS) is 17.8. The predicted octanol–water partition coefficient (Wildman–Crippen LogP) is 2.78. The lowest BCUT2D eigenvalue weighted by Crippen LogP contribution is -2.40. The van der Waals surface area contributed by atoms with E-state index in [-0.39, 0.29) is 5.41 Å². The SMILES string of the molecule is CC(C)(C)C(CCCc1cccc(S(=O)(=O)N2CCOCC2)c1)C(=O)O. The van der Waals surface area contributed by atoms with E-state index in [1.807, 2.05) is 26.8 Å². The Labute approximate surface area is 156 Å². The molecule has 146 valence electrons. The van der Waals surface area contributed by atoms with Crippen molar-refractivity contribution in [3.63, 3.8) is 0 Å². The molecule has 1 atom stereocenters. The molecule has 0 saturated carbocycles. The van der Waals surface area contributed by atoms with E-state index in [1.54, 1.807) is 18.2 Å². The lowest BCUT2D eigenvalue weighted by molar-refractivity contribution is -0.145. The zero-order chi connectivity index (χ0) is 19.4. The van der Waals surface area contributed by atoms with Crippen LogP contribution in [-0.2, 0) is 26.0 Å². The van der Waals surface area contributed by atoms with Crippen LogP contribution in [0.15, 0.2) is 29.2 Å². The van der Waals surface area contributed by atoms with Gasteiger partial charge < -0.3 is 9.84 Å². The third-order valence-electron chi connectivity index (χ3n) is 4.81. The van der Waals surface area contributed by atoms with E-state index in [0.717, 1.165) is 5.56 Å². The fraction of sp³-hybridized carbons (Fsp3) is 0.632. The van der Waals surface area contributed by atoms with E-state index in [4.69, 9.17) is 4.74 Å². The number of carboxylic acid groups (broad SMARTS) is 1. The molecule has 1 unspecified atom stereocenters. The molecular formula is C19H29NO5S. The van der Waals surface area contributed by atoms with Gasteiger partial charge in [-0.05, 0) is 42.4 Å². The molecule has 1 aliphatic heterocycles. The molecule has 1 fully saturated rings. The summed E-state index contributed by atoms with van der Waals surface area (Å²) in [5.74, 6) is -1.19. The Kier molecular flexibility index (Phi) is 6.82. The van der Waals surface area contributed by atoms with Crippen molar-refractivity contribution in [3.05, 3.63) is 29.8 Å². The van der Waals surface area contributed by atoms with Crippen LogP contribution in [0.5, 0.6) is 0 Å². The molecular weight excluding hydrogens is 354 g/mol. The van der Waals surface area contributed by atoms with Crippen molar-refractivity contribution in [2.45, 2.75) is 44.9 Å². The third-order valence-corrected chi connectivity index (χ3v) is 6.70. The predicted molar refractivity (Wildman–Crippen MR) is 99.5 cm³/mol. The van der Waals surface area contributed by atoms with Gasteiger partial charge in [-0.15, -0.1) is 0 Å². The van der Waals surface area contributed by atoms with Gasteiger partial charge in [0.05, 0.1) is 24.0 Å². The maximum Gasteiger partial charge on any atom is 0.307 e. The maximum absolute atomic E-state index is 12.7. The molecule has 0 spiro atoms. The van der Waals surface area contributed by atoms with Crippen LogP contribution in [0.4, 0.5) is 0 Å². The number of aliphatic carboxylic acids is 1. The molecule has 1 N–H and O–H groups in total. The Balaban J connectivity index is 2.04. The lowest BCUT2D eigenvalue weighted by Gasteiger charge is -2.27. The van der Waals surface area contributed by atoms with Gasteiger partial charge in [-0.1, -0.05) is 32.9 Å². The summed E-state index contributed by atoms with van der Waals surface area (Å²) < 4.78 is 32.1. The second-order valence-electron chi connectivity index (χ2n) is 7.81. The second-order valence-corrected chi connectivity index (χ2v) is 9.75. The molecule has 2 rings (SSSR count). The fourth-order valence-electron chi connectivity index (χ4n) is 3.23. The summed E-state index contributed by atoms with van der Waals surface area (Å²) in [6.45, 7) is 7.38. The van der Waals surface area contributed by atoms with Gasteiger partial charge >= 0.3 is 5.97 Å². The number of ether oxygens (including phenoxy) is 1. The number of morpholine rings is 1. The number of carbonyl (C=O) groups is 1. The second kappa shape index (κ2) is 8.50. The van der Waals surface area contributed by atoms with Crippen molar-refractivity contribution in [1.29, 1.82) is 0 Å². The van der Waals surface area contributed by atoms with Crippen molar-refractivity contribution in [3.8, 4) is 0 Å². The summed E-state index contributed by atoms with van der Waals surface area (Å²) in [7, 11) is -3.50. The van der Waals surface area contributed by atoms with E-state index in [9.17, 15) is 18.3 Å². The summed E-state index contributed by atoms with van der Waals surface area (Å²) in [5, 5.41) is 9.41. The molecule has 6 nitrogen and oxygen atoms in total. The molecule has 0 aromatic heterocycles. The van der Waals surface area contributed by atoms with Crippen molar-refractivity contribution in [2.24, 2.45) is 11.3 Å². The molecule has 0 amide bonds. The van der Waals surface area contributed by atoms with Gasteiger partial charge in [0.2, 0.25) is 10.0 Å². The lowest BCUT2D eigenvalue weighted by atomic mass is 9.78. The molecule has 0 radical (unpaired) electrons. The van der Waals surface area contributed by atoms with Crippen molar-refractivity contribution in [2.75, 3.05) is 26.3 Å². The summed E-state index contributed by atoms with van der Waals surface area (Å²) in [6.07, 6.45) is 1.93. The first-order valence-corrected chi connectivity index (χ1v) is 10.5. The minimum atomic E-state index is -3.50. The Morgan fingerprint density at radius 2 is 1.92 bits per heavy atom. The topological polar surface area (TPSA) is 83.9 Å². The van der Waals surface area contributed by atoms with Gasteiger partial charge in [0.1, 0.15) is 0 Å². The van der Waals surface area contributed by atoms with Gasteiger partial charge in [0.15, 0.2) is 0 Å². The summed E-state index contributed by atoms with van der Waals surface area (Å²) in [5.41, 5.74) is 0.616. The maximum atomic E-state index is 12.7. The van der Waals surface area contributed by atoms with Crippen molar-refractivity contribution >= 4 is 16.0 Å². The van der Waals surface area contributed by atoms with E-state index in [2.05, 4.69) is 0 Å². The molecule has 1 aromatic carbocycles. The van der Waals surface area contributed by atoms with Crippen LogP contribution in [-0.4, -0.2) is 50.1 Å². The average molecular weight is 384 g/mol. The van der Waals surface area contributed by atoms with Crippen molar-refractivity contribution < 1.29 is 23.1 Å². The van der Waals surface area contributed by atoms with Gasteiger partial charge in [0.25, 0.3) is 0 Å². The highest BCUT2D eigenvalue weighted by atomic mass is 32.2. The average Bonchev–Trinajstić information content (AvgIpc) is 2.58. The third kappa shape index (κ3) is 5.28. The fourth-order valence-corrected chi connectivity index (χ4v) is 4.71.